The largest absolute Gasteiger partial charge is 0.493 e. The first-order valence-electron chi connectivity index (χ1n) is 12.3. The molecule has 3 saturated heterocycles. The molecule has 186 valence electrons. The third-order valence-electron chi connectivity index (χ3n) is 8.21. The fourth-order valence-corrected chi connectivity index (χ4v) is 6.48. The zero-order valence-electron chi connectivity index (χ0n) is 20.3. The molecule has 0 saturated carbocycles. The number of imide groups is 1. The fourth-order valence-electron chi connectivity index (χ4n) is 6.48. The van der Waals surface area contributed by atoms with Crippen molar-refractivity contribution in [3.63, 3.8) is 0 Å². The second-order valence-corrected chi connectivity index (χ2v) is 10.2. The van der Waals surface area contributed by atoms with Gasteiger partial charge in [0.25, 0.3) is 0 Å². The van der Waals surface area contributed by atoms with Crippen LogP contribution in [-0.4, -0.2) is 35.5 Å². The second-order valence-electron chi connectivity index (χ2n) is 10.2. The minimum Gasteiger partial charge on any atom is -0.493 e. The Morgan fingerprint density at radius 2 is 1.76 bits per heavy atom. The van der Waals surface area contributed by atoms with Crippen LogP contribution >= 0.6 is 0 Å². The highest BCUT2D eigenvalue weighted by atomic mass is 16.5. The molecule has 3 heterocycles. The van der Waals surface area contributed by atoms with Crippen molar-refractivity contribution in [2.24, 2.45) is 17.6 Å². The first kappa shape index (κ1) is 23.2. The van der Waals surface area contributed by atoms with Gasteiger partial charge in [-0.25, -0.2) is 4.90 Å². The molecule has 4 unspecified atom stereocenters. The van der Waals surface area contributed by atoms with Crippen molar-refractivity contribution in [3.05, 3.63) is 71.8 Å². The average molecular weight is 496 g/mol. The number of hydrogen-bond donors (Lipinski definition) is 1. The number of amides is 3. The van der Waals surface area contributed by atoms with Crippen LogP contribution in [0.4, 0.5) is 5.69 Å². The predicted molar refractivity (Wildman–Crippen MR) is 135 cm³/mol. The summed E-state index contributed by atoms with van der Waals surface area (Å²) < 4.78 is 12.4. The quantitative estimate of drug-likeness (QED) is 0.520. The molecule has 8 nitrogen and oxygen atoms in total. The molecule has 0 spiro atoms. The Hall–Kier alpha value is -4.22. The summed E-state index contributed by atoms with van der Waals surface area (Å²) in [6.07, 6.45) is 1.79. The average Bonchev–Trinajstić information content (AvgIpc) is 3.48. The van der Waals surface area contributed by atoms with E-state index in [1.54, 1.807) is 36.4 Å². The number of carbonyl (C=O) groups excluding carboxylic acids is 3. The molecule has 4 atom stereocenters. The number of rotatable bonds is 6. The Kier molecular flexibility index (Phi) is 5.11. The summed E-state index contributed by atoms with van der Waals surface area (Å²) in [5.74, 6) is -1.62. The van der Waals surface area contributed by atoms with Crippen molar-refractivity contribution >= 4 is 34.2 Å². The van der Waals surface area contributed by atoms with Gasteiger partial charge in [0, 0.05) is 22.8 Å². The predicted octanol–water partition coefficient (Wildman–Crippen LogP) is 3.71. The van der Waals surface area contributed by atoms with E-state index in [4.69, 9.17) is 15.2 Å². The van der Waals surface area contributed by atoms with E-state index in [-0.39, 0.29) is 18.4 Å². The van der Waals surface area contributed by atoms with Crippen LogP contribution in [0.15, 0.2) is 60.7 Å². The summed E-state index contributed by atoms with van der Waals surface area (Å²) >= 11 is 0. The van der Waals surface area contributed by atoms with Gasteiger partial charge in [-0.15, -0.1) is 0 Å². The van der Waals surface area contributed by atoms with Crippen LogP contribution < -0.4 is 15.4 Å². The van der Waals surface area contributed by atoms with E-state index in [0.717, 1.165) is 0 Å². The minimum absolute atomic E-state index is 0.253. The number of nitriles is 1. The summed E-state index contributed by atoms with van der Waals surface area (Å²) in [6.45, 7) is 2.21. The van der Waals surface area contributed by atoms with Gasteiger partial charge < -0.3 is 15.2 Å². The zero-order chi connectivity index (χ0) is 25.9. The summed E-state index contributed by atoms with van der Waals surface area (Å²) in [7, 11) is 0. The fraction of sp³-hybridized carbons (Fsp3) is 0.310. The maximum Gasteiger partial charge on any atom is 0.248 e. The van der Waals surface area contributed by atoms with E-state index in [2.05, 4.69) is 6.07 Å². The molecule has 0 aliphatic carbocycles. The van der Waals surface area contributed by atoms with E-state index >= 15 is 0 Å². The summed E-state index contributed by atoms with van der Waals surface area (Å²) in [5.41, 5.74) is 5.17. The molecule has 2 bridgehead atoms. The molecule has 0 aromatic heterocycles. The Morgan fingerprint density at radius 3 is 2.46 bits per heavy atom. The molecule has 3 aromatic rings. The number of nitrogens with two attached hydrogens (primary N) is 1. The number of fused-ring (bicyclic) bond motifs is 6. The third-order valence-corrected chi connectivity index (χ3v) is 8.21. The number of nitrogens with zero attached hydrogens (tertiary/aromatic N) is 2. The molecule has 3 amide bonds. The number of hydrogen-bond acceptors (Lipinski definition) is 6. The SMILES string of the molecule is CC12CCC(CCOc3ccc(C(N)=O)cc3)(O1)C1C(=O)N(c3ccc(C#N)c4ccccc34)C(=O)C12. The van der Waals surface area contributed by atoms with Crippen LogP contribution in [-0.2, 0) is 14.3 Å². The number of anilines is 1. The molecular weight excluding hydrogens is 470 g/mol. The first-order chi connectivity index (χ1) is 17.8. The number of carbonyl (C=O) groups is 3. The first-order valence-corrected chi connectivity index (χ1v) is 12.3. The van der Waals surface area contributed by atoms with Crippen molar-refractivity contribution < 1.29 is 23.9 Å². The Morgan fingerprint density at radius 1 is 1.05 bits per heavy atom. The highest BCUT2D eigenvalue weighted by molar-refractivity contribution is 6.26. The van der Waals surface area contributed by atoms with Gasteiger partial charge in [-0.05, 0) is 56.2 Å². The molecular formula is C29H25N3O5. The van der Waals surface area contributed by atoms with Gasteiger partial charge in [0.2, 0.25) is 17.7 Å². The van der Waals surface area contributed by atoms with E-state index in [1.807, 2.05) is 31.2 Å². The highest BCUT2D eigenvalue weighted by Gasteiger charge is 2.73. The van der Waals surface area contributed by atoms with Gasteiger partial charge in [-0.3, -0.25) is 14.4 Å². The van der Waals surface area contributed by atoms with Crippen LogP contribution in [0.1, 0.15) is 42.1 Å². The molecule has 8 heteroatoms. The van der Waals surface area contributed by atoms with Gasteiger partial charge >= 0.3 is 0 Å². The lowest BCUT2D eigenvalue weighted by Crippen LogP contribution is -2.43. The number of primary amides is 1. The number of benzene rings is 3. The van der Waals surface area contributed by atoms with E-state index < -0.39 is 28.9 Å². The van der Waals surface area contributed by atoms with E-state index in [9.17, 15) is 19.6 Å². The molecule has 37 heavy (non-hydrogen) atoms. The molecule has 2 N–H and O–H groups in total. The molecule has 3 aliphatic heterocycles. The maximum atomic E-state index is 13.9. The lowest BCUT2D eigenvalue weighted by molar-refractivity contribution is -0.131. The van der Waals surface area contributed by atoms with Crippen molar-refractivity contribution in [2.45, 2.75) is 37.4 Å². The zero-order valence-corrected chi connectivity index (χ0v) is 20.3. The Balaban J connectivity index is 1.29. The van der Waals surface area contributed by atoms with Crippen LogP contribution in [0.5, 0.6) is 5.75 Å². The monoisotopic (exact) mass is 495 g/mol. The molecule has 3 aliphatic rings. The summed E-state index contributed by atoms with van der Waals surface area (Å²) in [4.78, 5) is 40.4. The molecule has 3 aromatic carbocycles. The van der Waals surface area contributed by atoms with Gasteiger partial charge in [0.15, 0.2) is 0 Å². The van der Waals surface area contributed by atoms with Crippen molar-refractivity contribution in [2.75, 3.05) is 11.5 Å². The second kappa shape index (κ2) is 8.15. The van der Waals surface area contributed by atoms with Crippen LogP contribution in [0, 0.1) is 23.2 Å². The van der Waals surface area contributed by atoms with Crippen molar-refractivity contribution in [1.82, 2.24) is 0 Å². The third kappa shape index (κ3) is 3.35. The van der Waals surface area contributed by atoms with Crippen LogP contribution in [0.2, 0.25) is 0 Å². The van der Waals surface area contributed by atoms with Crippen molar-refractivity contribution in [1.29, 1.82) is 5.26 Å². The van der Waals surface area contributed by atoms with E-state index in [0.29, 0.717) is 52.6 Å². The smallest absolute Gasteiger partial charge is 0.248 e. The highest BCUT2D eigenvalue weighted by Crippen LogP contribution is 2.62. The summed E-state index contributed by atoms with van der Waals surface area (Å²) in [6, 6.07) is 19.4. The maximum absolute atomic E-state index is 13.9. The van der Waals surface area contributed by atoms with Crippen LogP contribution in [0.25, 0.3) is 10.8 Å². The number of ether oxygens (including phenoxy) is 2. The van der Waals surface area contributed by atoms with Gasteiger partial charge in [0.1, 0.15) is 5.75 Å². The Bertz CT molecular complexity index is 1510. The topological polar surface area (TPSA) is 123 Å². The van der Waals surface area contributed by atoms with Gasteiger partial charge in [-0.1, -0.05) is 24.3 Å². The van der Waals surface area contributed by atoms with Gasteiger partial charge in [-0.2, -0.15) is 5.26 Å². The lowest BCUT2D eigenvalue weighted by atomic mass is 9.67. The van der Waals surface area contributed by atoms with Crippen molar-refractivity contribution in [3.8, 4) is 11.8 Å². The summed E-state index contributed by atoms with van der Waals surface area (Å²) in [5, 5.41) is 10.9. The normalized spacial score (nSPS) is 27.9. The lowest BCUT2D eigenvalue weighted by Gasteiger charge is -2.31. The molecule has 6 rings (SSSR count). The van der Waals surface area contributed by atoms with Crippen LogP contribution in [0.3, 0.4) is 0 Å². The van der Waals surface area contributed by atoms with E-state index in [1.165, 1.54) is 4.90 Å². The van der Waals surface area contributed by atoms with Gasteiger partial charge in [0.05, 0.1) is 47.0 Å². The standard InChI is InChI=1S/C29H25N3O5/c1-28-12-13-29(37-28,14-15-36-19-9-6-17(7-10-19)25(31)33)24-23(28)26(34)32(27(24)35)22-11-8-18(16-30)20-4-2-3-5-21(20)22/h2-11,23-24H,12-15H2,1H3,(H2,31,33). The molecule has 0 radical (unpaired) electrons. The Labute approximate surface area is 213 Å². The molecule has 3 fully saturated rings. The minimum atomic E-state index is -0.795.